The van der Waals surface area contributed by atoms with Crippen molar-refractivity contribution in [3.8, 4) is 5.75 Å². The molecule has 2 aromatic carbocycles. The number of carbonyl (C=O) groups is 1. The summed E-state index contributed by atoms with van der Waals surface area (Å²) in [5.41, 5.74) is 1.17. The monoisotopic (exact) mass is 813 g/mol. The van der Waals surface area contributed by atoms with Crippen LogP contribution < -0.4 is 5.32 Å². The molecule has 0 bridgehead atoms. The molecule has 4 N–H and O–H groups in total. The summed E-state index contributed by atoms with van der Waals surface area (Å²) >= 11 is 0. The minimum Gasteiger partial charge on any atom is -0.507 e. The van der Waals surface area contributed by atoms with Gasteiger partial charge < -0.3 is 58.5 Å². The first-order chi connectivity index (χ1) is 28.2. The van der Waals surface area contributed by atoms with Crippen LogP contribution in [-0.2, 0) is 37.9 Å². The van der Waals surface area contributed by atoms with Gasteiger partial charge in [-0.05, 0) is 116 Å². The van der Waals surface area contributed by atoms with Gasteiger partial charge in [0.1, 0.15) is 12.5 Å². The van der Waals surface area contributed by atoms with Gasteiger partial charge in [0.05, 0.1) is 68.1 Å². The van der Waals surface area contributed by atoms with E-state index in [1.54, 1.807) is 24.3 Å². The Morgan fingerprint density at radius 2 is 1.31 bits per heavy atom. The molecule has 0 aromatic heterocycles. The van der Waals surface area contributed by atoms with Crippen LogP contribution in [0, 0.1) is 0 Å². The van der Waals surface area contributed by atoms with E-state index in [1.807, 2.05) is 37.3 Å². The second-order valence-corrected chi connectivity index (χ2v) is 16.6. The van der Waals surface area contributed by atoms with Gasteiger partial charge in [-0.15, -0.1) is 0 Å². The number of aromatic hydroxyl groups is 1. The van der Waals surface area contributed by atoms with E-state index in [0.717, 1.165) is 57.8 Å². The molecular weight excluding hydrogens is 746 g/mol. The van der Waals surface area contributed by atoms with Gasteiger partial charge in [-0.2, -0.15) is 0 Å². The molecule has 6 rings (SSSR count). The number of aliphatic hydroxyl groups excluding tert-OH is 2. The van der Waals surface area contributed by atoms with Crippen molar-refractivity contribution in [2.24, 2.45) is 0 Å². The van der Waals surface area contributed by atoms with Crippen molar-refractivity contribution >= 4 is 5.91 Å². The average Bonchev–Trinajstić information content (AvgIpc) is 3.20. The van der Waals surface area contributed by atoms with Gasteiger partial charge in [0.2, 0.25) is 0 Å². The van der Waals surface area contributed by atoms with Gasteiger partial charge in [0.25, 0.3) is 5.91 Å². The molecule has 4 aliphatic rings. The molecule has 13 nitrogen and oxygen atoms in total. The minimum atomic E-state index is -0.702. The molecule has 4 aliphatic heterocycles. The number of phenols is 1. The number of carbonyl (C=O) groups excluding carboxylic acids is 1. The van der Waals surface area contributed by atoms with Crippen molar-refractivity contribution in [2.45, 2.75) is 184 Å². The van der Waals surface area contributed by atoms with Crippen LogP contribution in [0.5, 0.6) is 5.75 Å². The lowest BCUT2D eigenvalue weighted by molar-refractivity contribution is -0.251. The second kappa shape index (κ2) is 23.3. The third kappa shape index (κ3) is 14.8. The number of amides is 1. The van der Waals surface area contributed by atoms with E-state index >= 15 is 0 Å². The minimum absolute atomic E-state index is 0.0256. The van der Waals surface area contributed by atoms with Gasteiger partial charge in [0, 0.05) is 24.0 Å². The molecule has 12 unspecified atom stereocenters. The molecule has 1 amide bonds. The zero-order valence-corrected chi connectivity index (χ0v) is 34.4. The van der Waals surface area contributed by atoms with Crippen molar-refractivity contribution in [3.05, 3.63) is 65.7 Å². The number of phenolic OH excluding ortho intramolecular Hbond substituents is 1. The van der Waals surface area contributed by atoms with E-state index in [-0.39, 0.29) is 74.0 Å². The maximum absolute atomic E-state index is 12.8. The molecular formula is C45H67NO12. The van der Waals surface area contributed by atoms with Gasteiger partial charge in [-0.3, -0.25) is 4.79 Å². The van der Waals surface area contributed by atoms with Crippen LogP contribution in [-0.4, -0.2) is 109 Å². The zero-order chi connectivity index (χ0) is 40.7. The fraction of sp³-hybridized carbons (Fsp3) is 0.711. The molecule has 324 valence electrons. The third-order valence-corrected chi connectivity index (χ3v) is 11.7. The van der Waals surface area contributed by atoms with E-state index in [9.17, 15) is 20.1 Å². The summed E-state index contributed by atoms with van der Waals surface area (Å²) in [6.07, 6.45) is 8.21. The molecule has 4 heterocycles. The summed E-state index contributed by atoms with van der Waals surface area (Å²) in [4.78, 5) is 12.8. The van der Waals surface area contributed by atoms with E-state index in [0.29, 0.717) is 56.3 Å². The number of hydrogen-bond donors (Lipinski definition) is 4. The van der Waals surface area contributed by atoms with Gasteiger partial charge >= 0.3 is 0 Å². The Labute approximate surface area is 344 Å². The maximum Gasteiger partial charge on any atom is 0.251 e. The molecule has 58 heavy (non-hydrogen) atoms. The van der Waals surface area contributed by atoms with Crippen molar-refractivity contribution in [1.82, 2.24) is 5.32 Å². The molecule has 0 saturated carbocycles. The summed E-state index contributed by atoms with van der Waals surface area (Å²) in [6.45, 7) is 5.18. The topological polar surface area (TPSA) is 164 Å². The van der Waals surface area contributed by atoms with E-state index in [2.05, 4.69) is 12.2 Å². The van der Waals surface area contributed by atoms with Crippen molar-refractivity contribution in [3.63, 3.8) is 0 Å². The van der Waals surface area contributed by atoms with E-state index in [4.69, 9.17) is 37.9 Å². The summed E-state index contributed by atoms with van der Waals surface area (Å²) in [6, 6.07) is 16.2. The third-order valence-electron chi connectivity index (χ3n) is 11.7. The summed E-state index contributed by atoms with van der Waals surface area (Å²) in [5, 5.41) is 35.6. The zero-order valence-electron chi connectivity index (χ0n) is 34.4. The predicted molar refractivity (Wildman–Crippen MR) is 215 cm³/mol. The molecule has 0 aliphatic carbocycles. The maximum atomic E-state index is 12.8. The summed E-state index contributed by atoms with van der Waals surface area (Å²) in [5.74, 6) is -0.0602. The smallest absolute Gasteiger partial charge is 0.251 e. The highest BCUT2D eigenvalue weighted by atomic mass is 16.7. The Morgan fingerprint density at radius 3 is 1.98 bits per heavy atom. The first-order valence-corrected chi connectivity index (χ1v) is 21.8. The standard InChI is InChI=1S/C45H67NO12/c1-30-23-36(54-31(2)53-30)17-10-18-37-27-40(56-43(55-37)28-46-44(50)32-11-4-3-5-12-32)25-34(48)14-9-16-39-26-38(57-45(58-39)41-19-6-7-20-42(41)49)15-8-13-33(47)24-35-21-22-51-29-52-35/h3-7,11-12,19-20,30-31,33-40,43,45,47-49H,8-10,13-18,21-29H2,1-2H3,(H,46,50). The lowest BCUT2D eigenvalue weighted by atomic mass is 9.95. The number of benzene rings is 2. The second-order valence-electron chi connectivity index (χ2n) is 16.6. The number of para-hydroxylation sites is 1. The Morgan fingerprint density at radius 1 is 0.707 bits per heavy atom. The summed E-state index contributed by atoms with van der Waals surface area (Å²) in [7, 11) is 0. The first-order valence-electron chi connectivity index (χ1n) is 21.8. The van der Waals surface area contributed by atoms with Crippen molar-refractivity contribution < 1.29 is 58.0 Å². The molecule has 4 fully saturated rings. The number of ether oxygens (including phenoxy) is 8. The fourth-order valence-electron chi connectivity index (χ4n) is 8.72. The molecule has 0 radical (unpaired) electrons. The van der Waals surface area contributed by atoms with Crippen LogP contribution in [0.2, 0.25) is 0 Å². The van der Waals surface area contributed by atoms with Gasteiger partial charge in [-0.25, -0.2) is 0 Å². The largest absolute Gasteiger partial charge is 0.507 e. The highest BCUT2D eigenvalue weighted by molar-refractivity contribution is 5.94. The average molecular weight is 814 g/mol. The van der Waals surface area contributed by atoms with Crippen molar-refractivity contribution in [2.75, 3.05) is 19.9 Å². The number of aliphatic hydroxyl groups is 2. The number of nitrogens with one attached hydrogen (secondary N) is 1. The van der Waals surface area contributed by atoms with Gasteiger partial charge in [-0.1, -0.05) is 36.4 Å². The lowest BCUT2D eigenvalue weighted by Crippen LogP contribution is -2.45. The predicted octanol–water partition coefficient (Wildman–Crippen LogP) is 6.81. The molecule has 13 heteroatoms. The van der Waals surface area contributed by atoms with Crippen LogP contribution in [0.4, 0.5) is 0 Å². The van der Waals surface area contributed by atoms with E-state index < -0.39 is 24.8 Å². The lowest BCUT2D eigenvalue weighted by Gasteiger charge is -2.37. The molecule has 2 aromatic rings. The normalized spacial score (nSPS) is 31.7. The van der Waals surface area contributed by atoms with Crippen LogP contribution in [0.1, 0.15) is 132 Å². The van der Waals surface area contributed by atoms with Crippen LogP contribution >= 0.6 is 0 Å². The van der Waals surface area contributed by atoms with E-state index in [1.165, 1.54) is 0 Å². The number of rotatable bonds is 20. The Balaban J connectivity index is 0.982. The Hall–Kier alpha value is -2.69. The quantitative estimate of drug-likeness (QED) is 0.111. The Bertz CT molecular complexity index is 1470. The van der Waals surface area contributed by atoms with Crippen LogP contribution in [0.25, 0.3) is 0 Å². The fourth-order valence-corrected chi connectivity index (χ4v) is 8.72. The Kier molecular flexibility index (Phi) is 18.1. The first kappa shape index (κ1) is 44.9. The van der Waals surface area contributed by atoms with Crippen LogP contribution in [0.3, 0.4) is 0 Å². The number of hydrogen-bond acceptors (Lipinski definition) is 12. The van der Waals surface area contributed by atoms with Crippen LogP contribution in [0.15, 0.2) is 54.6 Å². The molecule has 12 atom stereocenters. The highest BCUT2D eigenvalue weighted by Gasteiger charge is 2.34. The SMILES string of the molecule is CC1CC(CCCC2CC(CC(O)CCCC3CC(CCCC(O)CC4CCOCO4)OC(c4ccccc4O)O3)OC(CNC(=O)c3ccccc3)O2)OC(C)O1. The van der Waals surface area contributed by atoms with Gasteiger partial charge in [0.15, 0.2) is 18.9 Å². The molecule has 4 saturated heterocycles. The highest BCUT2D eigenvalue weighted by Crippen LogP contribution is 2.37. The van der Waals surface area contributed by atoms with Crippen molar-refractivity contribution in [1.29, 1.82) is 0 Å². The summed E-state index contributed by atoms with van der Waals surface area (Å²) < 4.78 is 48.1. The molecule has 0 spiro atoms.